The Morgan fingerprint density at radius 3 is 2.33 bits per heavy atom. The first-order chi connectivity index (χ1) is 11.7. The Morgan fingerprint density at radius 1 is 1.21 bits per heavy atom. The van der Waals surface area contributed by atoms with Crippen LogP contribution in [0.1, 0.15) is 35.1 Å². The first-order valence-corrected chi connectivity index (χ1v) is 8.20. The quantitative estimate of drug-likeness (QED) is 0.830. The predicted molar refractivity (Wildman–Crippen MR) is 99.5 cm³/mol. The van der Waals surface area contributed by atoms with Crippen molar-refractivity contribution in [3.63, 3.8) is 0 Å². The molecule has 0 spiro atoms. The number of anilines is 1. The Morgan fingerprint density at radius 2 is 1.83 bits per heavy atom. The van der Waals surface area contributed by atoms with Crippen LogP contribution in [-0.2, 0) is 4.79 Å². The van der Waals surface area contributed by atoms with E-state index in [1.807, 2.05) is 26.8 Å². The molecule has 2 aromatic rings. The zero-order chi connectivity index (χ0) is 17.8. The summed E-state index contributed by atoms with van der Waals surface area (Å²) in [6, 6.07) is 5.36. The van der Waals surface area contributed by atoms with Gasteiger partial charge in [-0.3, -0.25) is 4.79 Å². The summed E-state index contributed by atoms with van der Waals surface area (Å²) >= 11 is 0. The van der Waals surface area contributed by atoms with Crippen LogP contribution in [0.5, 0.6) is 0 Å². The average molecular weight is 336 g/mol. The summed E-state index contributed by atoms with van der Waals surface area (Å²) in [5.41, 5.74) is 2.36. The molecule has 2 heterocycles. The number of amides is 1. The highest BCUT2D eigenvalue weighted by molar-refractivity contribution is 5.75. The summed E-state index contributed by atoms with van der Waals surface area (Å²) in [6.45, 7) is 8.40. The smallest absolute Gasteiger partial charge is 0.211 e. The molecule has 3 rings (SSSR count). The van der Waals surface area contributed by atoms with Gasteiger partial charge < -0.3 is 10.6 Å². The molecule has 1 aliphatic heterocycles. The molecule has 1 aromatic heterocycles. The van der Waals surface area contributed by atoms with E-state index in [-0.39, 0.29) is 2.85 Å². The van der Waals surface area contributed by atoms with Gasteiger partial charge in [-0.15, -0.1) is 0 Å². The van der Waals surface area contributed by atoms with Crippen LogP contribution in [0.4, 0.5) is 10.1 Å². The Balaban J connectivity index is 0. The van der Waals surface area contributed by atoms with Crippen LogP contribution in [-0.4, -0.2) is 29.5 Å². The van der Waals surface area contributed by atoms with Crippen molar-refractivity contribution in [3.8, 4) is 11.4 Å². The van der Waals surface area contributed by atoms with E-state index in [4.69, 9.17) is 0 Å². The van der Waals surface area contributed by atoms with Gasteiger partial charge in [0, 0.05) is 14.1 Å². The van der Waals surface area contributed by atoms with Crippen LogP contribution in [0.2, 0.25) is 0 Å². The minimum atomic E-state index is -0.478. The van der Waals surface area contributed by atoms with Crippen molar-refractivity contribution in [1.29, 1.82) is 0 Å². The molecule has 1 amide bonds. The van der Waals surface area contributed by atoms with Gasteiger partial charge >= 0.3 is 0 Å². The maximum atomic E-state index is 12.7. The SMILES string of the molecule is C1CCNC1.CC.Cc1ccc(NC=O)cc1-c1ncc(F)cn1.[HH].[HH]. The summed E-state index contributed by atoms with van der Waals surface area (Å²) < 4.78 is 12.7. The first-order valence-electron chi connectivity index (χ1n) is 8.20. The molecular weight excluding hydrogens is 307 g/mol. The van der Waals surface area contributed by atoms with Crippen molar-refractivity contribution in [2.75, 3.05) is 18.4 Å². The molecule has 1 aliphatic rings. The number of aromatic nitrogens is 2. The fourth-order valence-corrected chi connectivity index (χ4v) is 2.10. The number of carbonyl (C=O) groups is 1. The van der Waals surface area contributed by atoms with Crippen molar-refractivity contribution in [2.45, 2.75) is 33.6 Å². The Hall–Kier alpha value is -2.34. The number of aryl methyl sites for hydroxylation is 1. The van der Waals surface area contributed by atoms with Crippen molar-refractivity contribution < 1.29 is 12.0 Å². The molecular formula is C18H29FN4O. The minimum Gasteiger partial charge on any atom is -0.329 e. The van der Waals surface area contributed by atoms with Crippen molar-refractivity contribution >= 4 is 12.1 Å². The van der Waals surface area contributed by atoms with Gasteiger partial charge in [0.1, 0.15) is 0 Å². The van der Waals surface area contributed by atoms with Gasteiger partial charge in [0.05, 0.1) is 12.4 Å². The van der Waals surface area contributed by atoms with Gasteiger partial charge in [-0.05, 0) is 50.6 Å². The third-order valence-corrected chi connectivity index (χ3v) is 3.28. The second-order valence-electron chi connectivity index (χ2n) is 4.97. The highest BCUT2D eigenvalue weighted by Gasteiger charge is 2.06. The standard InChI is InChI=1S/C12H10FN3O.C4H9N.C2H6.2H2/c1-8-2-3-10(16-7-17)4-11(8)12-14-5-9(13)6-15-12;1-2-4-5-3-1;1-2;;/h2-7H,1H3,(H,16,17);5H,1-4H2;1-2H3;2*1H. The lowest BCUT2D eigenvalue weighted by Gasteiger charge is -2.06. The number of hydrogen-bond acceptors (Lipinski definition) is 4. The summed E-state index contributed by atoms with van der Waals surface area (Å²) in [4.78, 5) is 18.2. The van der Waals surface area contributed by atoms with E-state index in [9.17, 15) is 9.18 Å². The van der Waals surface area contributed by atoms with E-state index in [2.05, 4.69) is 20.6 Å². The largest absolute Gasteiger partial charge is 0.329 e. The average Bonchev–Trinajstić information content (AvgIpc) is 3.19. The topological polar surface area (TPSA) is 66.9 Å². The number of benzene rings is 1. The van der Waals surface area contributed by atoms with E-state index in [0.717, 1.165) is 23.5 Å². The molecule has 5 nitrogen and oxygen atoms in total. The number of rotatable bonds is 3. The van der Waals surface area contributed by atoms with Crippen LogP contribution in [0.3, 0.4) is 0 Å². The Labute approximate surface area is 145 Å². The number of carbonyl (C=O) groups excluding carboxylic acids is 1. The lowest BCUT2D eigenvalue weighted by Crippen LogP contribution is -2.03. The normalized spacial score (nSPS) is 12.3. The number of hydrogen-bond donors (Lipinski definition) is 2. The molecule has 0 saturated carbocycles. The van der Waals surface area contributed by atoms with Crippen molar-refractivity contribution in [1.82, 2.24) is 15.3 Å². The third kappa shape index (κ3) is 6.42. The van der Waals surface area contributed by atoms with Gasteiger partial charge in [-0.25, -0.2) is 14.4 Å². The molecule has 2 N–H and O–H groups in total. The van der Waals surface area contributed by atoms with E-state index >= 15 is 0 Å². The molecule has 1 fully saturated rings. The predicted octanol–water partition coefficient (Wildman–Crippen LogP) is 4.05. The lowest BCUT2D eigenvalue weighted by atomic mass is 10.1. The Bertz CT molecular complexity index is 615. The maximum absolute atomic E-state index is 12.7. The lowest BCUT2D eigenvalue weighted by molar-refractivity contribution is -0.105. The van der Waals surface area contributed by atoms with Crippen molar-refractivity contribution in [3.05, 3.63) is 42.0 Å². The molecule has 0 bridgehead atoms. The Kier molecular flexibility index (Phi) is 9.23. The summed E-state index contributed by atoms with van der Waals surface area (Å²) in [5, 5.41) is 5.77. The van der Waals surface area contributed by atoms with E-state index in [0.29, 0.717) is 17.9 Å². The highest BCUT2D eigenvalue weighted by Crippen LogP contribution is 2.23. The van der Waals surface area contributed by atoms with Crippen molar-refractivity contribution in [2.24, 2.45) is 0 Å². The molecule has 0 atom stereocenters. The van der Waals surface area contributed by atoms with Crippen LogP contribution >= 0.6 is 0 Å². The monoisotopic (exact) mass is 336 g/mol. The minimum absolute atomic E-state index is 0. The van der Waals surface area contributed by atoms with Gasteiger partial charge in [-0.1, -0.05) is 19.9 Å². The second-order valence-corrected chi connectivity index (χ2v) is 4.97. The molecule has 0 aliphatic carbocycles. The molecule has 24 heavy (non-hydrogen) atoms. The first kappa shape index (κ1) is 19.7. The third-order valence-electron chi connectivity index (χ3n) is 3.28. The van der Waals surface area contributed by atoms with E-state index in [1.54, 1.807) is 12.1 Å². The van der Waals surface area contributed by atoms with Crippen LogP contribution in [0.15, 0.2) is 30.6 Å². The molecule has 0 radical (unpaired) electrons. The number of halogens is 1. The molecule has 0 unspecified atom stereocenters. The van der Waals surface area contributed by atoms with Gasteiger partial charge in [0.25, 0.3) is 0 Å². The fraction of sp³-hybridized carbons (Fsp3) is 0.389. The summed E-state index contributed by atoms with van der Waals surface area (Å²) in [6.07, 6.45) is 5.60. The second kappa shape index (κ2) is 11.2. The zero-order valence-corrected chi connectivity index (χ0v) is 14.5. The number of nitrogens with zero attached hydrogens (tertiary/aromatic N) is 2. The molecule has 134 valence electrons. The maximum Gasteiger partial charge on any atom is 0.211 e. The number of nitrogens with one attached hydrogen (secondary N) is 2. The molecule has 6 heteroatoms. The zero-order valence-electron chi connectivity index (χ0n) is 14.5. The highest BCUT2D eigenvalue weighted by atomic mass is 19.1. The fourth-order valence-electron chi connectivity index (χ4n) is 2.10. The van der Waals surface area contributed by atoms with E-state index < -0.39 is 5.82 Å². The van der Waals surface area contributed by atoms with Gasteiger partial charge in [-0.2, -0.15) is 0 Å². The van der Waals surface area contributed by atoms with Gasteiger partial charge in [0.15, 0.2) is 11.6 Å². The van der Waals surface area contributed by atoms with Crippen LogP contribution in [0.25, 0.3) is 11.4 Å². The summed E-state index contributed by atoms with van der Waals surface area (Å²) in [7, 11) is 0. The van der Waals surface area contributed by atoms with Gasteiger partial charge in [0.2, 0.25) is 6.41 Å². The summed E-state index contributed by atoms with van der Waals surface area (Å²) in [5.74, 6) is -0.0491. The molecule has 1 aromatic carbocycles. The van der Waals surface area contributed by atoms with Crippen LogP contribution in [0, 0.1) is 12.7 Å². The molecule has 1 saturated heterocycles. The van der Waals surface area contributed by atoms with Crippen LogP contribution < -0.4 is 10.6 Å². The van der Waals surface area contributed by atoms with E-state index in [1.165, 1.54) is 25.9 Å².